The zero-order valence-electron chi connectivity index (χ0n) is 10.7. The summed E-state index contributed by atoms with van der Waals surface area (Å²) in [5.74, 6) is 0.0378. The SMILES string of the molecule is NC(=O)c1ccc(CSc2ccc(C(F)(F)F)cn2)cc1. The van der Waals surface area contributed by atoms with Gasteiger partial charge in [-0.15, -0.1) is 11.8 Å². The lowest BCUT2D eigenvalue weighted by atomic mass is 10.1. The van der Waals surface area contributed by atoms with Gasteiger partial charge in [0.25, 0.3) is 0 Å². The van der Waals surface area contributed by atoms with Crippen molar-refractivity contribution < 1.29 is 18.0 Å². The Morgan fingerprint density at radius 2 is 1.81 bits per heavy atom. The Morgan fingerprint density at radius 3 is 2.29 bits per heavy atom. The van der Waals surface area contributed by atoms with Crippen LogP contribution in [-0.4, -0.2) is 10.9 Å². The number of amides is 1. The molecular weight excluding hydrogens is 301 g/mol. The summed E-state index contributed by atoms with van der Waals surface area (Å²) in [4.78, 5) is 14.7. The van der Waals surface area contributed by atoms with Crippen LogP contribution in [0.25, 0.3) is 0 Å². The number of nitrogens with two attached hydrogens (primary N) is 1. The van der Waals surface area contributed by atoms with Crippen LogP contribution in [-0.2, 0) is 11.9 Å². The number of carbonyl (C=O) groups excluding carboxylic acids is 1. The molecule has 0 aliphatic carbocycles. The molecule has 0 aliphatic rings. The van der Waals surface area contributed by atoms with Gasteiger partial charge in [-0.2, -0.15) is 13.2 Å². The molecule has 0 atom stereocenters. The number of benzene rings is 1. The number of hydrogen-bond donors (Lipinski definition) is 1. The Kier molecular flexibility index (Phi) is 4.52. The van der Waals surface area contributed by atoms with Gasteiger partial charge in [-0.1, -0.05) is 12.1 Å². The molecular formula is C14H11F3N2OS. The van der Waals surface area contributed by atoms with Gasteiger partial charge in [0, 0.05) is 17.5 Å². The molecule has 0 radical (unpaired) electrons. The molecule has 0 saturated heterocycles. The normalized spacial score (nSPS) is 11.4. The van der Waals surface area contributed by atoms with Crippen LogP contribution >= 0.6 is 11.8 Å². The van der Waals surface area contributed by atoms with Crippen molar-refractivity contribution in [1.29, 1.82) is 0 Å². The van der Waals surface area contributed by atoms with E-state index in [1.807, 2.05) is 0 Å². The topological polar surface area (TPSA) is 56.0 Å². The molecule has 110 valence electrons. The van der Waals surface area contributed by atoms with Crippen molar-refractivity contribution in [2.24, 2.45) is 5.73 Å². The largest absolute Gasteiger partial charge is 0.417 e. The molecule has 0 saturated carbocycles. The number of alkyl halides is 3. The molecule has 0 aliphatic heterocycles. The number of pyridine rings is 1. The summed E-state index contributed by atoms with van der Waals surface area (Å²) in [6, 6.07) is 9.06. The van der Waals surface area contributed by atoms with Crippen molar-refractivity contribution >= 4 is 17.7 Å². The predicted molar refractivity (Wildman–Crippen MR) is 73.8 cm³/mol. The van der Waals surface area contributed by atoms with Gasteiger partial charge in [0.15, 0.2) is 0 Å². The molecule has 0 bridgehead atoms. The molecule has 1 heterocycles. The smallest absolute Gasteiger partial charge is 0.366 e. The lowest BCUT2D eigenvalue weighted by Crippen LogP contribution is -2.10. The van der Waals surface area contributed by atoms with E-state index in [4.69, 9.17) is 5.73 Å². The van der Waals surface area contributed by atoms with Gasteiger partial charge in [0.05, 0.1) is 10.6 Å². The molecule has 0 spiro atoms. The summed E-state index contributed by atoms with van der Waals surface area (Å²) in [7, 11) is 0. The molecule has 3 nitrogen and oxygen atoms in total. The number of hydrogen-bond acceptors (Lipinski definition) is 3. The highest BCUT2D eigenvalue weighted by Gasteiger charge is 2.30. The summed E-state index contributed by atoms with van der Waals surface area (Å²) in [6.07, 6.45) is -3.56. The number of aromatic nitrogens is 1. The van der Waals surface area contributed by atoms with Crippen LogP contribution in [0, 0.1) is 0 Å². The average molecular weight is 312 g/mol. The monoisotopic (exact) mass is 312 g/mol. The predicted octanol–water partition coefficient (Wildman–Crippen LogP) is 3.49. The molecule has 1 aromatic heterocycles. The highest BCUT2D eigenvalue weighted by atomic mass is 32.2. The second-order valence-electron chi connectivity index (χ2n) is 4.23. The Morgan fingerprint density at radius 1 is 1.14 bits per heavy atom. The Balaban J connectivity index is 1.98. The fourth-order valence-electron chi connectivity index (χ4n) is 1.56. The molecule has 0 fully saturated rings. The quantitative estimate of drug-likeness (QED) is 0.879. The first-order valence-electron chi connectivity index (χ1n) is 5.91. The number of carbonyl (C=O) groups is 1. The second kappa shape index (κ2) is 6.17. The molecule has 7 heteroatoms. The van der Waals surface area contributed by atoms with Crippen molar-refractivity contribution in [2.75, 3.05) is 0 Å². The minimum absolute atomic E-state index is 0.413. The van der Waals surface area contributed by atoms with Gasteiger partial charge in [-0.3, -0.25) is 4.79 Å². The number of nitrogens with zero attached hydrogens (tertiary/aromatic N) is 1. The molecule has 2 N–H and O–H groups in total. The number of halogens is 3. The van der Waals surface area contributed by atoms with Crippen molar-refractivity contribution in [3.63, 3.8) is 0 Å². The lowest BCUT2D eigenvalue weighted by molar-refractivity contribution is -0.137. The molecule has 21 heavy (non-hydrogen) atoms. The van der Waals surface area contributed by atoms with Gasteiger partial charge in [-0.05, 0) is 29.8 Å². The summed E-state index contributed by atoms with van der Waals surface area (Å²) < 4.78 is 37.2. The van der Waals surface area contributed by atoms with Crippen LogP contribution < -0.4 is 5.73 Å². The fraction of sp³-hybridized carbons (Fsp3) is 0.143. The number of thioether (sulfide) groups is 1. The van der Waals surface area contributed by atoms with Crippen molar-refractivity contribution in [3.8, 4) is 0 Å². The molecule has 0 unspecified atom stereocenters. The highest BCUT2D eigenvalue weighted by Crippen LogP contribution is 2.30. The van der Waals surface area contributed by atoms with Crippen molar-refractivity contribution in [1.82, 2.24) is 4.98 Å². The summed E-state index contributed by atoms with van der Waals surface area (Å²) in [5, 5.41) is 0.502. The summed E-state index contributed by atoms with van der Waals surface area (Å²) in [6.45, 7) is 0. The van der Waals surface area contributed by atoms with E-state index in [-0.39, 0.29) is 0 Å². The van der Waals surface area contributed by atoms with E-state index < -0.39 is 17.6 Å². The average Bonchev–Trinajstić information content (AvgIpc) is 2.45. The molecule has 1 amide bonds. The first-order valence-corrected chi connectivity index (χ1v) is 6.89. The zero-order chi connectivity index (χ0) is 15.5. The Hall–Kier alpha value is -2.02. The van der Waals surface area contributed by atoms with Crippen LogP contribution in [0.4, 0.5) is 13.2 Å². The van der Waals surface area contributed by atoms with Crippen LogP contribution in [0.5, 0.6) is 0 Å². The van der Waals surface area contributed by atoms with E-state index in [9.17, 15) is 18.0 Å². The van der Waals surface area contributed by atoms with Gasteiger partial charge in [0.2, 0.25) is 5.91 Å². The van der Waals surface area contributed by atoms with E-state index in [1.165, 1.54) is 17.8 Å². The first kappa shape index (κ1) is 15.4. The Bertz CT molecular complexity index is 624. The second-order valence-corrected chi connectivity index (χ2v) is 5.23. The van der Waals surface area contributed by atoms with E-state index in [0.717, 1.165) is 17.8 Å². The minimum Gasteiger partial charge on any atom is -0.366 e. The van der Waals surface area contributed by atoms with Gasteiger partial charge >= 0.3 is 6.18 Å². The summed E-state index contributed by atoms with van der Waals surface area (Å²) in [5.41, 5.74) is 5.70. The van der Waals surface area contributed by atoms with Crippen LogP contribution in [0.3, 0.4) is 0 Å². The highest BCUT2D eigenvalue weighted by molar-refractivity contribution is 7.98. The maximum absolute atomic E-state index is 12.4. The Labute approximate surface area is 123 Å². The number of rotatable bonds is 4. The maximum atomic E-state index is 12.4. The van der Waals surface area contributed by atoms with Crippen LogP contribution in [0.1, 0.15) is 21.5 Å². The van der Waals surface area contributed by atoms with Gasteiger partial charge < -0.3 is 5.73 Å². The minimum atomic E-state index is -4.37. The van der Waals surface area contributed by atoms with E-state index >= 15 is 0 Å². The fourth-order valence-corrected chi connectivity index (χ4v) is 2.35. The van der Waals surface area contributed by atoms with Gasteiger partial charge in [0.1, 0.15) is 0 Å². The third-order valence-corrected chi connectivity index (χ3v) is 3.70. The zero-order valence-corrected chi connectivity index (χ0v) is 11.5. The maximum Gasteiger partial charge on any atom is 0.417 e. The first-order chi connectivity index (χ1) is 9.86. The molecule has 2 rings (SSSR count). The van der Waals surface area contributed by atoms with E-state index in [1.54, 1.807) is 24.3 Å². The third kappa shape index (κ3) is 4.22. The van der Waals surface area contributed by atoms with Crippen LogP contribution in [0.2, 0.25) is 0 Å². The van der Waals surface area contributed by atoms with Gasteiger partial charge in [-0.25, -0.2) is 4.98 Å². The standard InChI is InChI=1S/C14H11F3N2OS/c15-14(16,17)11-5-6-12(19-7-11)21-8-9-1-3-10(4-2-9)13(18)20/h1-7H,8H2,(H2,18,20). The lowest BCUT2D eigenvalue weighted by Gasteiger charge is -2.07. The number of primary amides is 1. The van der Waals surface area contributed by atoms with Crippen molar-refractivity contribution in [2.45, 2.75) is 17.0 Å². The van der Waals surface area contributed by atoms with E-state index in [2.05, 4.69) is 4.98 Å². The van der Waals surface area contributed by atoms with Crippen LogP contribution in [0.15, 0.2) is 47.6 Å². The third-order valence-electron chi connectivity index (χ3n) is 2.69. The molecule has 2 aromatic rings. The summed E-state index contributed by atoms with van der Waals surface area (Å²) >= 11 is 1.31. The van der Waals surface area contributed by atoms with E-state index in [0.29, 0.717) is 16.3 Å². The molecule has 1 aromatic carbocycles. The van der Waals surface area contributed by atoms with Crippen molar-refractivity contribution in [3.05, 3.63) is 59.3 Å².